The molecule has 0 saturated heterocycles. The van der Waals surface area contributed by atoms with Gasteiger partial charge in [-0.25, -0.2) is 4.39 Å². The molecule has 0 saturated carbocycles. The van der Waals surface area contributed by atoms with Crippen molar-refractivity contribution < 1.29 is 9.18 Å². The number of halogens is 1. The first-order valence-corrected chi connectivity index (χ1v) is 9.13. The van der Waals surface area contributed by atoms with Crippen LogP contribution in [0.3, 0.4) is 0 Å². The van der Waals surface area contributed by atoms with E-state index in [1.165, 1.54) is 6.07 Å². The van der Waals surface area contributed by atoms with Gasteiger partial charge in [0.2, 0.25) is 5.91 Å². The van der Waals surface area contributed by atoms with Crippen LogP contribution >= 0.6 is 0 Å². The van der Waals surface area contributed by atoms with Crippen LogP contribution in [0.15, 0.2) is 42.6 Å². The molecule has 1 N–H and O–H groups in total. The fourth-order valence-electron chi connectivity index (χ4n) is 3.36. The standard InChI is InChI=1S/C21H24FN3O/c1-3-25(4-2)20(26)10-7-8-16-17-14-15(22)11-12-18(17)24-21(16)19-9-5-6-13-23-19/h5-6,9,11-14,24H,3-4,7-8,10H2,1-2H3. The Balaban J connectivity index is 1.88. The maximum absolute atomic E-state index is 13.8. The van der Waals surface area contributed by atoms with Crippen molar-refractivity contribution in [1.82, 2.24) is 14.9 Å². The van der Waals surface area contributed by atoms with Crippen molar-refractivity contribution in [3.63, 3.8) is 0 Å². The first-order chi connectivity index (χ1) is 12.6. The van der Waals surface area contributed by atoms with Gasteiger partial charge in [-0.15, -0.1) is 0 Å². The predicted octanol–water partition coefficient (Wildman–Crippen LogP) is 4.56. The van der Waals surface area contributed by atoms with Crippen LogP contribution in [0.1, 0.15) is 32.3 Å². The van der Waals surface area contributed by atoms with E-state index in [4.69, 9.17) is 0 Å². The Morgan fingerprint density at radius 2 is 2.00 bits per heavy atom. The second-order valence-electron chi connectivity index (χ2n) is 6.30. The van der Waals surface area contributed by atoms with E-state index in [0.717, 1.165) is 47.4 Å². The fraction of sp³-hybridized carbons (Fsp3) is 0.333. The third-order valence-electron chi connectivity index (χ3n) is 4.72. The highest BCUT2D eigenvalue weighted by atomic mass is 19.1. The molecule has 3 rings (SSSR count). The van der Waals surface area contributed by atoms with Gasteiger partial charge in [-0.3, -0.25) is 9.78 Å². The summed E-state index contributed by atoms with van der Waals surface area (Å²) in [5.41, 5.74) is 3.64. The average Bonchev–Trinajstić information content (AvgIpc) is 3.01. The first-order valence-electron chi connectivity index (χ1n) is 9.13. The van der Waals surface area contributed by atoms with Gasteiger partial charge in [-0.2, -0.15) is 0 Å². The number of aromatic nitrogens is 2. The summed E-state index contributed by atoms with van der Waals surface area (Å²) in [7, 11) is 0. The minimum Gasteiger partial charge on any atom is -0.353 e. The van der Waals surface area contributed by atoms with Gasteiger partial charge in [0.1, 0.15) is 5.82 Å². The number of hydrogen-bond acceptors (Lipinski definition) is 2. The van der Waals surface area contributed by atoms with Crippen LogP contribution in [-0.4, -0.2) is 33.9 Å². The van der Waals surface area contributed by atoms with Crippen molar-refractivity contribution in [2.75, 3.05) is 13.1 Å². The average molecular weight is 353 g/mol. The first kappa shape index (κ1) is 18.1. The molecular formula is C21H24FN3O. The number of aryl methyl sites for hydroxylation is 1. The Kier molecular flexibility index (Phi) is 5.66. The number of fused-ring (bicyclic) bond motifs is 1. The molecule has 0 radical (unpaired) electrons. The van der Waals surface area contributed by atoms with Crippen molar-refractivity contribution >= 4 is 16.8 Å². The van der Waals surface area contributed by atoms with E-state index in [1.807, 2.05) is 36.9 Å². The number of rotatable bonds is 7. The Labute approximate surface area is 153 Å². The van der Waals surface area contributed by atoms with Gasteiger partial charge in [-0.1, -0.05) is 6.07 Å². The summed E-state index contributed by atoms with van der Waals surface area (Å²) in [5.74, 6) is -0.0926. The highest BCUT2D eigenvalue weighted by molar-refractivity contribution is 5.90. The lowest BCUT2D eigenvalue weighted by molar-refractivity contribution is -0.130. The molecule has 0 aliphatic heterocycles. The zero-order chi connectivity index (χ0) is 18.5. The topological polar surface area (TPSA) is 49.0 Å². The third kappa shape index (κ3) is 3.77. The third-order valence-corrected chi connectivity index (χ3v) is 4.72. The van der Waals surface area contributed by atoms with Crippen LogP contribution < -0.4 is 0 Å². The molecule has 1 amide bonds. The van der Waals surface area contributed by atoms with Crippen LogP contribution in [0.4, 0.5) is 4.39 Å². The van der Waals surface area contributed by atoms with Gasteiger partial charge < -0.3 is 9.88 Å². The maximum Gasteiger partial charge on any atom is 0.222 e. The Morgan fingerprint density at radius 3 is 2.69 bits per heavy atom. The van der Waals surface area contributed by atoms with Crippen molar-refractivity contribution in [1.29, 1.82) is 0 Å². The minimum absolute atomic E-state index is 0.167. The van der Waals surface area contributed by atoms with E-state index in [-0.39, 0.29) is 11.7 Å². The zero-order valence-electron chi connectivity index (χ0n) is 15.3. The van der Waals surface area contributed by atoms with Gasteiger partial charge >= 0.3 is 0 Å². The lowest BCUT2D eigenvalue weighted by Crippen LogP contribution is -2.30. The summed E-state index contributed by atoms with van der Waals surface area (Å²) in [5, 5.41) is 0.862. The molecule has 2 heterocycles. The number of carbonyl (C=O) groups excluding carboxylic acids is 1. The zero-order valence-corrected chi connectivity index (χ0v) is 15.3. The normalized spacial score (nSPS) is 11.0. The van der Waals surface area contributed by atoms with Crippen LogP contribution in [0.25, 0.3) is 22.3 Å². The van der Waals surface area contributed by atoms with Crippen LogP contribution in [-0.2, 0) is 11.2 Å². The smallest absolute Gasteiger partial charge is 0.222 e. The molecular weight excluding hydrogens is 329 g/mol. The number of pyridine rings is 1. The quantitative estimate of drug-likeness (QED) is 0.677. The van der Waals surface area contributed by atoms with E-state index >= 15 is 0 Å². The molecule has 0 atom stereocenters. The molecule has 2 aromatic heterocycles. The number of benzene rings is 1. The van der Waals surface area contributed by atoms with Crippen molar-refractivity contribution in [3.05, 3.63) is 54.0 Å². The summed E-state index contributed by atoms with van der Waals surface area (Å²) in [6, 6.07) is 10.5. The van der Waals surface area contributed by atoms with Crippen molar-refractivity contribution in [3.8, 4) is 11.4 Å². The number of carbonyl (C=O) groups is 1. The molecule has 0 spiro atoms. The second-order valence-corrected chi connectivity index (χ2v) is 6.30. The van der Waals surface area contributed by atoms with Gasteiger partial charge in [0.05, 0.1) is 11.4 Å². The Hall–Kier alpha value is -2.69. The molecule has 0 aliphatic rings. The molecule has 0 unspecified atom stereocenters. The highest BCUT2D eigenvalue weighted by Gasteiger charge is 2.16. The van der Waals surface area contributed by atoms with Gasteiger partial charge in [-0.05, 0) is 62.6 Å². The molecule has 3 aromatic rings. The molecule has 0 bridgehead atoms. The molecule has 1 aromatic carbocycles. The fourth-order valence-corrected chi connectivity index (χ4v) is 3.36. The molecule has 5 heteroatoms. The molecule has 26 heavy (non-hydrogen) atoms. The summed E-state index contributed by atoms with van der Waals surface area (Å²) >= 11 is 0. The van der Waals surface area contributed by atoms with Gasteiger partial charge in [0, 0.05) is 36.6 Å². The lowest BCUT2D eigenvalue weighted by Gasteiger charge is -2.18. The largest absolute Gasteiger partial charge is 0.353 e. The summed E-state index contributed by atoms with van der Waals surface area (Å²) in [4.78, 5) is 21.9. The van der Waals surface area contributed by atoms with Gasteiger partial charge in [0.25, 0.3) is 0 Å². The monoisotopic (exact) mass is 353 g/mol. The van der Waals surface area contributed by atoms with Crippen LogP contribution in [0, 0.1) is 5.82 Å². The molecule has 4 nitrogen and oxygen atoms in total. The van der Waals surface area contributed by atoms with E-state index in [9.17, 15) is 9.18 Å². The molecule has 136 valence electrons. The minimum atomic E-state index is -0.260. The van der Waals surface area contributed by atoms with Crippen LogP contribution in [0.2, 0.25) is 0 Å². The number of aromatic amines is 1. The molecule has 0 aliphatic carbocycles. The van der Waals surface area contributed by atoms with Crippen LogP contribution in [0.5, 0.6) is 0 Å². The van der Waals surface area contributed by atoms with Crippen molar-refractivity contribution in [2.24, 2.45) is 0 Å². The highest BCUT2D eigenvalue weighted by Crippen LogP contribution is 2.31. The molecule has 0 fully saturated rings. The van der Waals surface area contributed by atoms with E-state index in [2.05, 4.69) is 9.97 Å². The summed E-state index contributed by atoms with van der Waals surface area (Å²) < 4.78 is 13.8. The Morgan fingerprint density at radius 1 is 1.19 bits per heavy atom. The van der Waals surface area contributed by atoms with E-state index in [1.54, 1.807) is 18.3 Å². The number of H-pyrrole nitrogens is 1. The lowest BCUT2D eigenvalue weighted by atomic mass is 10.0. The summed E-state index contributed by atoms with van der Waals surface area (Å²) in [6.45, 7) is 5.44. The number of amides is 1. The number of nitrogens with one attached hydrogen (secondary N) is 1. The second kappa shape index (κ2) is 8.13. The number of hydrogen-bond donors (Lipinski definition) is 1. The SMILES string of the molecule is CCN(CC)C(=O)CCCc1c(-c2ccccn2)[nH]c2ccc(F)cc12. The predicted molar refractivity (Wildman–Crippen MR) is 102 cm³/mol. The number of nitrogens with zero attached hydrogens (tertiary/aromatic N) is 2. The van der Waals surface area contributed by atoms with E-state index in [0.29, 0.717) is 12.8 Å². The summed E-state index contributed by atoms with van der Waals surface area (Å²) in [6.07, 6.45) is 3.65. The Bertz CT molecular complexity index is 885. The van der Waals surface area contributed by atoms with Crippen molar-refractivity contribution in [2.45, 2.75) is 33.1 Å². The van der Waals surface area contributed by atoms with E-state index < -0.39 is 0 Å². The van der Waals surface area contributed by atoms with Gasteiger partial charge in [0.15, 0.2) is 0 Å². The maximum atomic E-state index is 13.8.